The molecule has 2 N–H and O–H groups in total. The van der Waals surface area contributed by atoms with E-state index in [1.807, 2.05) is 0 Å². The smallest absolute Gasteiger partial charge is 0.420 e. The molecule has 1 aliphatic heterocycles. The molecule has 0 aromatic heterocycles. The highest BCUT2D eigenvalue weighted by atomic mass is 79.9. The summed E-state index contributed by atoms with van der Waals surface area (Å²) in [5, 5.41) is 13.6. The molecule has 1 aromatic rings. The molecule has 1 saturated carbocycles. The zero-order chi connectivity index (χ0) is 16.6. The Kier molecular flexibility index (Phi) is 8.34. The Morgan fingerprint density at radius 2 is 1.80 bits per heavy atom. The van der Waals surface area contributed by atoms with Gasteiger partial charge in [-0.2, -0.15) is 13.2 Å². The number of hydrogen-bond acceptors (Lipinski definition) is 3. The molecule has 144 valence electrons. The molecule has 0 spiro atoms. The number of hydrogen-bond donors (Lipinski definition) is 2. The molecular formula is C16H22BrCl2F3N2O. The van der Waals surface area contributed by atoms with Crippen molar-refractivity contribution in [1.82, 2.24) is 10.2 Å². The number of piperazine rings is 1. The minimum Gasteiger partial charge on any atom is -0.507 e. The molecule has 3 nitrogen and oxygen atoms in total. The van der Waals surface area contributed by atoms with Crippen LogP contribution in [0, 0.1) is 5.92 Å². The van der Waals surface area contributed by atoms with Gasteiger partial charge in [-0.3, -0.25) is 4.90 Å². The van der Waals surface area contributed by atoms with E-state index in [4.69, 9.17) is 0 Å². The lowest BCUT2D eigenvalue weighted by Gasteiger charge is -2.36. The third kappa shape index (κ3) is 5.63. The van der Waals surface area contributed by atoms with Crippen LogP contribution in [0.15, 0.2) is 16.6 Å². The first-order chi connectivity index (χ1) is 10.9. The molecule has 9 heteroatoms. The van der Waals surface area contributed by atoms with Crippen LogP contribution in [0.25, 0.3) is 0 Å². The average molecular weight is 466 g/mol. The van der Waals surface area contributed by atoms with Gasteiger partial charge in [0.15, 0.2) is 0 Å². The predicted octanol–water partition coefficient (Wildman–Crippen LogP) is 4.76. The lowest BCUT2D eigenvalue weighted by molar-refractivity contribution is -0.138. The number of phenols is 1. The topological polar surface area (TPSA) is 35.5 Å². The maximum Gasteiger partial charge on any atom is 0.420 e. The number of nitrogens with one attached hydrogen (secondary N) is 1. The van der Waals surface area contributed by atoms with E-state index in [0.29, 0.717) is 16.0 Å². The molecule has 1 aromatic carbocycles. The minimum atomic E-state index is -4.56. The van der Waals surface area contributed by atoms with E-state index in [0.717, 1.165) is 51.5 Å². The number of phenolic OH excluding ortho intramolecular Hbond substituents is 1. The van der Waals surface area contributed by atoms with Gasteiger partial charge in [0.2, 0.25) is 0 Å². The Morgan fingerprint density at radius 3 is 2.32 bits per heavy atom. The van der Waals surface area contributed by atoms with E-state index in [1.54, 1.807) is 6.07 Å². The van der Waals surface area contributed by atoms with Crippen molar-refractivity contribution in [2.24, 2.45) is 5.92 Å². The monoisotopic (exact) mass is 464 g/mol. The highest BCUT2D eigenvalue weighted by Gasteiger charge is 2.38. The molecule has 0 amide bonds. The van der Waals surface area contributed by atoms with Crippen molar-refractivity contribution < 1.29 is 18.3 Å². The lowest BCUT2D eigenvalue weighted by atomic mass is 9.95. The fraction of sp³-hybridized carbons (Fsp3) is 0.625. The summed E-state index contributed by atoms with van der Waals surface area (Å²) in [4.78, 5) is 2.19. The van der Waals surface area contributed by atoms with Gasteiger partial charge in [0.25, 0.3) is 0 Å². The normalized spacial score (nSPS) is 19.7. The molecule has 0 bridgehead atoms. The van der Waals surface area contributed by atoms with Crippen molar-refractivity contribution in [2.45, 2.75) is 31.5 Å². The standard InChI is InChI=1S/C16H20BrF3N2O.2ClH/c17-11-8-12(15(23)13(9-11)16(18,19)20)14(7-10-1-2-10)22-5-3-21-4-6-22;;/h8-10,14,21,23H,1-7H2;2*1H/t14-;;/m0../s1. The van der Waals surface area contributed by atoms with E-state index in [9.17, 15) is 18.3 Å². The summed E-state index contributed by atoms with van der Waals surface area (Å²) in [5.74, 6) is -0.0625. The third-order valence-electron chi connectivity index (χ3n) is 4.61. The molecule has 2 aliphatic rings. The fourth-order valence-electron chi connectivity index (χ4n) is 3.23. The minimum absolute atomic E-state index is 0. The van der Waals surface area contributed by atoms with Crippen molar-refractivity contribution in [1.29, 1.82) is 0 Å². The molecule has 1 heterocycles. The highest BCUT2D eigenvalue weighted by Crippen LogP contribution is 2.46. The number of nitrogens with zero attached hydrogens (tertiary/aromatic N) is 1. The first-order valence-corrected chi connectivity index (χ1v) is 8.70. The van der Waals surface area contributed by atoms with Gasteiger partial charge in [0, 0.05) is 42.3 Å². The van der Waals surface area contributed by atoms with E-state index in [1.165, 1.54) is 0 Å². The van der Waals surface area contributed by atoms with Gasteiger partial charge < -0.3 is 10.4 Å². The van der Waals surface area contributed by atoms with Gasteiger partial charge in [0.05, 0.1) is 5.56 Å². The maximum atomic E-state index is 13.2. The van der Waals surface area contributed by atoms with Crippen LogP contribution in [-0.2, 0) is 6.18 Å². The highest BCUT2D eigenvalue weighted by molar-refractivity contribution is 9.10. The maximum absolute atomic E-state index is 13.2. The Balaban J connectivity index is 0.00000156. The van der Waals surface area contributed by atoms with Crippen molar-refractivity contribution in [3.8, 4) is 5.75 Å². The fourth-order valence-corrected chi connectivity index (χ4v) is 3.70. The van der Waals surface area contributed by atoms with E-state index in [-0.39, 0.29) is 30.9 Å². The summed E-state index contributed by atoms with van der Waals surface area (Å²) in [6.07, 6.45) is -1.50. The molecule has 25 heavy (non-hydrogen) atoms. The number of alkyl halides is 3. The lowest BCUT2D eigenvalue weighted by Crippen LogP contribution is -2.45. The predicted molar refractivity (Wildman–Crippen MR) is 99.8 cm³/mol. The van der Waals surface area contributed by atoms with Gasteiger partial charge in [-0.05, 0) is 24.5 Å². The summed E-state index contributed by atoms with van der Waals surface area (Å²) in [5.41, 5.74) is -0.571. The molecule has 3 rings (SSSR count). The second-order valence-corrected chi connectivity index (χ2v) is 7.29. The molecule has 2 fully saturated rings. The van der Waals surface area contributed by atoms with Crippen molar-refractivity contribution in [3.63, 3.8) is 0 Å². The Bertz CT molecular complexity index is 579. The van der Waals surface area contributed by atoms with Crippen LogP contribution >= 0.6 is 40.7 Å². The first-order valence-electron chi connectivity index (χ1n) is 7.90. The van der Waals surface area contributed by atoms with Crippen molar-refractivity contribution in [2.75, 3.05) is 26.2 Å². The van der Waals surface area contributed by atoms with Crippen LogP contribution in [-0.4, -0.2) is 36.2 Å². The third-order valence-corrected chi connectivity index (χ3v) is 5.07. The van der Waals surface area contributed by atoms with E-state index >= 15 is 0 Å². The molecule has 1 aliphatic carbocycles. The van der Waals surface area contributed by atoms with Crippen LogP contribution in [0.3, 0.4) is 0 Å². The van der Waals surface area contributed by atoms with Gasteiger partial charge >= 0.3 is 6.18 Å². The molecule has 0 radical (unpaired) electrons. The van der Waals surface area contributed by atoms with Gasteiger partial charge in [0.1, 0.15) is 5.75 Å². The van der Waals surface area contributed by atoms with E-state index < -0.39 is 17.5 Å². The largest absolute Gasteiger partial charge is 0.507 e. The second-order valence-electron chi connectivity index (χ2n) is 6.37. The molecule has 1 saturated heterocycles. The number of benzene rings is 1. The number of aromatic hydroxyl groups is 1. The van der Waals surface area contributed by atoms with Gasteiger partial charge in [-0.15, -0.1) is 24.8 Å². The Morgan fingerprint density at radius 1 is 1.20 bits per heavy atom. The molecule has 1 atom stereocenters. The Hall–Kier alpha value is -0.210. The number of rotatable bonds is 4. The van der Waals surface area contributed by atoms with Crippen LogP contribution in [0.2, 0.25) is 0 Å². The summed E-state index contributed by atoms with van der Waals surface area (Å²) in [6.45, 7) is 3.21. The summed E-state index contributed by atoms with van der Waals surface area (Å²) >= 11 is 3.17. The first kappa shape index (κ1) is 22.8. The second kappa shape index (κ2) is 9.13. The zero-order valence-corrected chi connectivity index (χ0v) is 16.7. The van der Waals surface area contributed by atoms with E-state index in [2.05, 4.69) is 26.1 Å². The molecular weight excluding hydrogens is 444 g/mol. The zero-order valence-electron chi connectivity index (χ0n) is 13.5. The SMILES string of the molecule is Cl.Cl.Oc1c([C@H](CC2CC2)N2CCNCC2)cc(Br)cc1C(F)(F)F. The molecule has 0 unspecified atom stereocenters. The summed E-state index contributed by atoms with van der Waals surface area (Å²) < 4.78 is 39.9. The average Bonchev–Trinajstić information content (AvgIpc) is 3.31. The summed E-state index contributed by atoms with van der Waals surface area (Å²) in [7, 11) is 0. The number of halogens is 6. The van der Waals surface area contributed by atoms with Crippen LogP contribution in [0.4, 0.5) is 13.2 Å². The van der Waals surface area contributed by atoms with Crippen LogP contribution in [0.5, 0.6) is 5.75 Å². The van der Waals surface area contributed by atoms with Gasteiger partial charge in [-0.25, -0.2) is 0 Å². The quantitative estimate of drug-likeness (QED) is 0.672. The van der Waals surface area contributed by atoms with Gasteiger partial charge in [-0.1, -0.05) is 28.8 Å². The van der Waals surface area contributed by atoms with Crippen molar-refractivity contribution in [3.05, 3.63) is 27.7 Å². The van der Waals surface area contributed by atoms with Crippen molar-refractivity contribution >= 4 is 40.7 Å². The van der Waals surface area contributed by atoms with Crippen LogP contribution < -0.4 is 5.32 Å². The Labute approximate surface area is 166 Å². The summed E-state index contributed by atoms with van der Waals surface area (Å²) in [6, 6.07) is 2.42. The van der Waals surface area contributed by atoms with Crippen LogP contribution in [0.1, 0.15) is 36.4 Å².